The lowest BCUT2D eigenvalue weighted by Gasteiger charge is -2.21. The van der Waals surface area contributed by atoms with Gasteiger partial charge in [0.15, 0.2) is 0 Å². The van der Waals surface area contributed by atoms with Crippen molar-refractivity contribution in [1.82, 2.24) is 9.88 Å². The minimum Gasteiger partial charge on any atom is -0.383 e. The van der Waals surface area contributed by atoms with Crippen LogP contribution in [0.25, 0.3) is 0 Å². The van der Waals surface area contributed by atoms with Crippen molar-refractivity contribution >= 4 is 17.5 Å². The van der Waals surface area contributed by atoms with Gasteiger partial charge in [-0.2, -0.15) is 0 Å². The topological polar surface area (TPSA) is 42.4 Å². The number of hydrogen-bond acceptors (Lipinski definition) is 3. The van der Waals surface area contributed by atoms with Crippen LogP contribution in [0.1, 0.15) is 23.0 Å². The highest BCUT2D eigenvalue weighted by Crippen LogP contribution is 2.13. The van der Waals surface area contributed by atoms with Crippen molar-refractivity contribution < 1.29 is 9.53 Å². The molecular formula is C14H19ClN2O2. The summed E-state index contributed by atoms with van der Waals surface area (Å²) in [4.78, 5) is 18.2. The van der Waals surface area contributed by atoms with Crippen molar-refractivity contribution in [2.45, 2.75) is 13.3 Å². The number of carbonyl (C=O) groups excluding carboxylic acids is 1. The molecule has 1 amide bonds. The summed E-state index contributed by atoms with van der Waals surface area (Å²) in [7, 11) is 1.61. The van der Waals surface area contributed by atoms with Gasteiger partial charge >= 0.3 is 0 Å². The first kappa shape index (κ1) is 15.7. The van der Waals surface area contributed by atoms with E-state index in [1.165, 1.54) is 0 Å². The molecule has 0 aromatic carbocycles. The fourth-order valence-corrected chi connectivity index (χ4v) is 1.90. The van der Waals surface area contributed by atoms with Gasteiger partial charge in [0, 0.05) is 31.5 Å². The van der Waals surface area contributed by atoms with Crippen LogP contribution in [0.15, 0.2) is 24.8 Å². The molecule has 1 rings (SSSR count). The molecule has 0 spiro atoms. The molecule has 0 saturated heterocycles. The van der Waals surface area contributed by atoms with E-state index in [0.29, 0.717) is 30.4 Å². The third-order valence-electron chi connectivity index (χ3n) is 2.66. The van der Waals surface area contributed by atoms with Crippen LogP contribution in [0.3, 0.4) is 0 Å². The first-order valence-electron chi connectivity index (χ1n) is 6.18. The van der Waals surface area contributed by atoms with Crippen molar-refractivity contribution in [2.24, 2.45) is 0 Å². The molecule has 1 aromatic heterocycles. The van der Waals surface area contributed by atoms with E-state index in [9.17, 15) is 4.79 Å². The molecule has 0 radical (unpaired) electrons. The predicted molar refractivity (Wildman–Crippen MR) is 76.6 cm³/mol. The van der Waals surface area contributed by atoms with Crippen molar-refractivity contribution in [3.63, 3.8) is 0 Å². The Morgan fingerprint density at radius 3 is 2.89 bits per heavy atom. The highest BCUT2D eigenvalue weighted by atomic mass is 35.5. The van der Waals surface area contributed by atoms with Crippen molar-refractivity contribution in [3.8, 4) is 0 Å². The maximum atomic E-state index is 12.4. The quantitative estimate of drug-likeness (QED) is 0.570. The van der Waals surface area contributed by atoms with Crippen LogP contribution in [-0.2, 0) is 11.2 Å². The fourth-order valence-electron chi connectivity index (χ4n) is 1.67. The smallest absolute Gasteiger partial charge is 0.254 e. The van der Waals surface area contributed by atoms with Crippen molar-refractivity contribution in [1.29, 1.82) is 0 Å². The van der Waals surface area contributed by atoms with Gasteiger partial charge in [0.2, 0.25) is 0 Å². The number of pyridine rings is 1. The Bertz CT molecular complexity index is 449. The molecule has 0 N–H and O–H groups in total. The maximum Gasteiger partial charge on any atom is 0.254 e. The van der Waals surface area contributed by atoms with Gasteiger partial charge in [0.25, 0.3) is 5.91 Å². The molecule has 0 aliphatic carbocycles. The minimum absolute atomic E-state index is 0.0871. The molecule has 0 bridgehead atoms. The summed E-state index contributed by atoms with van der Waals surface area (Å²) in [5.74, 6) is -0.0871. The molecule has 0 aliphatic rings. The van der Waals surface area contributed by atoms with Crippen LogP contribution in [0, 0.1) is 0 Å². The third-order valence-corrected chi connectivity index (χ3v) is 2.85. The minimum atomic E-state index is -0.0871. The lowest BCUT2D eigenvalue weighted by atomic mass is 10.1. The van der Waals surface area contributed by atoms with Crippen molar-refractivity contribution in [2.75, 3.05) is 26.8 Å². The zero-order valence-electron chi connectivity index (χ0n) is 11.4. The van der Waals surface area contributed by atoms with E-state index < -0.39 is 0 Å². The van der Waals surface area contributed by atoms with Crippen LogP contribution < -0.4 is 0 Å². The molecule has 0 saturated carbocycles. The number of amides is 1. The summed E-state index contributed by atoms with van der Waals surface area (Å²) >= 11 is 5.93. The number of methoxy groups -OCH3 is 1. The fraction of sp³-hybridized carbons (Fsp3) is 0.429. The molecule has 1 heterocycles. The van der Waals surface area contributed by atoms with E-state index >= 15 is 0 Å². The van der Waals surface area contributed by atoms with Gasteiger partial charge < -0.3 is 9.64 Å². The highest BCUT2D eigenvalue weighted by Gasteiger charge is 2.15. The molecule has 104 valence electrons. The zero-order valence-corrected chi connectivity index (χ0v) is 12.1. The number of carbonyl (C=O) groups is 1. The number of aryl methyl sites for hydroxylation is 1. The summed E-state index contributed by atoms with van der Waals surface area (Å²) in [5.41, 5.74) is 1.36. The number of halogens is 1. The van der Waals surface area contributed by atoms with Crippen LogP contribution in [0.5, 0.6) is 0 Å². The van der Waals surface area contributed by atoms with E-state index in [1.54, 1.807) is 30.2 Å². The predicted octanol–water partition coefficient (Wildman–Crippen LogP) is 2.57. The van der Waals surface area contributed by atoms with Gasteiger partial charge in [-0.05, 0) is 18.6 Å². The third kappa shape index (κ3) is 4.65. The normalized spacial score (nSPS) is 10.3. The van der Waals surface area contributed by atoms with Crippen LogP contribution >= 0.6 is 11.6 Å². The van der Waals surface area contributed by atoms with Gasteiger partial charge in [-0.3, -0.25) is 4.79 Å². The Balaban J connectivity index is 2.94. The summed E-state index contributed by atoms with van der Waals surface area (Å²) in [6.07, 6.45) is 2.43. The second-order valence-electron chi connectivity index (χ2n) is 4.06. The Kier molecular flexibility index (Phi) is 6.53. The van der Waals surface area contributed by atoms with E-state index in [4.69, 9.17) is 16.3 Å². The van der Waals surface area contributed by atoms with Gasteiger partial charge in [-0.1, -0.05) is 24.6 Å². The summed E-state index contributed by atoms with van der Waals surface area (Å²) in [6.45, 7) is 7.11. The van der Waals surface area contributed by atoms with E-state index in [-0.39, 0.29) is 5.91 Å². The standard InChI is InChI=1S/C14H19ClN2O2/c1-4-6-17(7-8-19-3)14(18)11-9-12(5-2)16-13(15)10-11/h4,9-10H,1,5-8H2,2-3H3. The SMILES string of the molecule is C=CCN(CCOC)C(=O)c1cc(Cl)nc(CC)c1. The Morgan fingerprint density at radius 2 is 2.32 bits per heavy atom. The lowest BCUT2D eigenvalue weighted by Crippen LogP contribution is -2.34. The Morgan fingerprint density at radius 1 is 1.58 bits per heavy atom. The monoisotopic (exact) mass is 282 g/mol. The van der Waals surface area contributed by atoms with Gasteiger partial charge in [0.1, 0.15) is 5.15 Å². The number of hydrogen-bond donors (Lipinski definition) is 0. The second-order valence-corrected chi connectivity index (χ2v) is 4.44. The molecule has 5 heteroatoms. The average Bonchev–Trinajstić information content (AvgIpc) is 2.41. The maximum absolute atomic E-state index is 12.4. The number of rotatable bonds is 7. The van der Waals surface area contributed by atoms with E-state index in [2.05, 4.69) is 11.6 Å². The zero-order chi connectivity index (χ0) is 14.3. The summed E-state index contributed by atoms with van der Waals surface area (Å²) < 4.78 is 5.01. The van der Waals surface area contributed by atoms with Crippen LogP contribution in [0.4, 0.5) is 0 Å². The first-order chi connectivity index (χ1) is 9.12. The van der Waals surface area contributed by atoms with E-state index in [0.717, 1.165) is 12.1 Å². The lowest BCUT2D eigenvalue weighted by molar-refractivity contribution is 0.0718. The first-order valence-corrected chi connectivity index (χ1v) is 6.55. The van der Waals surface area contributed by atoms with Crippen molar-refractivity contribution in [3.05, 3.63) is 41.2 Å². The van der Waals surface area contributed by atoms with Gasteiger partial charge in [-0.25, -0.2) is 4.98 Å². The van der Waals surface area contributed by atoms with Crippen LogP contribution in [0.2, 0.25) is 5.15 Å². The van der Waals surface area contributed by atoms with Gasteiger partial charge in [-0.15, -0.1) is 6.58 Å². The van der Waals surface area contributed by atoms with Crippen LogP contribution in [-0.4, -0.2) is 42.6 Å². The number of ether oxygens (including phenoxy) is 1. The van der Waals surface area contributed by atoms with Gasteiger partial charge in [0.05, 0.1) is 6.61 Å². The van der Waals surface area contributed by atoms with E-state index in [1.807, 2.05) is 6.92 Å². The molecule has 0 atom stereocenters. The molecular weight excluding hydrogens is 264 g/mol. The molecule has 19 heavy (non-hydrogen) atoms. The number of nitrogens with zero attached hydrogens (tertiary/aromatic N) is 2. The average molecular weight is 283 g/mol. The summed E-state index contributed by atoms with van der Waals surface area (Å²) in [5, 5.41) is 0.341. The summed E-state index contributed by atoms with van der Waals surface area (Å²) in [6, 6.07) is 3.36. The molecule has 1 aromatic rings. The molecule has 0 fully saturated rings. The second kappa shape index (κ2) is 7.92. The largest absolute Gasteiger partial charge is 0.383 e. The molecule has 0 aliphatic heterocycles. The molecule has 4 nitrogen and oxygen atoms in total. The Labute approximate surface area is 119 Å². The number of aromatic nitrogens is 1. The highest BCUT2D eigenvalue weighted by molar-refractivity contribution is 6.29. The molecule has 0 unspecified atom stereocenters. The Hall–Kier alpha value is -1.39.